The van der Waals surface area contributed by atoms with E-state index < -0.39 is 0 Å². The number of aromatic nitrogens is 5. The number of carbonyl (C=O) groups excluding carboxylic acids is 1. The zero-order valence-corrected chi connectivity index (χ0v) is 15.6. The summed E-state index contributed by atoms with van der Waals surface area (Å²) in [4.78, 5) is 24.2. The largest absolute Gasteiger partial charge is 0.326 e. The molecule has 5 rings (SSSR count). The third kappa shape index (κ3) is 2.97. The van der Waals surface area contributed by atoms with E-state index in [0.717, 1.165) is 32.9 Å². The maximum Gasteiger partial charge on any atom is 0.250 e. The van der Waals surface area contributed by atoms with Crippen LogP contribution < -0.4 is 10.6 Å². The summed E-state index contributed by atoms with van der Waals surface area (Å²) in [5.41, 5.74) is 4.51. The van der Waals surface area contributed by atoms with Gasteiger partial charge in [0.15, 0.2) is 0 Å². The molecule has 0 spiro atoms. The first-order valence-corrected chi connectivity index (χ1v) is 9.48. The topological polar surface area (TPSA) is 100 Å². The number of H-pyrrole nitrogens is 1. The summed E-state index contributed by atoms with van der Waals surface area (Å²) in [5.74, 6) is 0.978. The molecule has 0 saturated heterocycles. The highest BCUT2D eigenvalue weighted by Crippen LogP contribution is 2.27. The molecular formula is C19H15N7OS. The molecule has 3 N–H and O–H groups in total. The summed E-state index contributed by atoms with van der Waals surface area (Å²) in [7, 11) is 0. The Morgan fingerprint density at radius 1 is 1.11 bits per heavy atom. The molecule has 138 valence electrons. The van der Waals surface area contributed by atoms with Crippen molar-refractivity contribution < 1.29 is 4.79 Å². The molecule has 3 heterocycles. The highest BCUT2D eigenvalue weighted by molar-refractivity contribution is 7.15. The highest BCUT2D eigenvalue weighted by Gasteiger charge is 2.13. The van der Waals surface area contributed by atoms with Crippen molar-refractivity contribution in [1.82, 2.24) is 24.6 Å². The molecule has 8 nitrogen and oxygen atoms in total. The maximum absolute atomic E-state index is 11.2. The van der Waals surface area contributed by atoms with Gasteiger partial charge in [-0.1, -0.05) is 24.3 Å². The van der Waals surface area contributed by atoms with Gasteiger partial charge in [-0.25, -0.2) is 9.50 Å². The average molecular weight is 389 g/mol. The number of benzene rings is 2. The molecule has 0 saturated carbocycles. The van der Waals surface area contributed by atoms with Gasteiger partial charge in [-0.2, -0.15) is 4.98 Å². The second kappa shape index (κ2) is 6.46. The first kappa shape index (κ1) is 16.5. The van der Waals surface area contributed by atoms with Crippen LogP contribution in [0.15, 0.2) is 53.9 Å². The predicted octanol–water partition coefficient (Wildman–Crippen LogP) is 4.04. The lowest BCUT2D eigenvalue weighted by Gasteiger charge is -2.03. The Balaban J connectivity index is 1.44. The van der Waals surface area contributed by atoms with Crippen molar-refractivity contribution >= 4 is 50.8 Å². The van der Waals surface area contributed by atoms with Crippen molar-refractivity contribution in [2.75, 3.05) is 10.6 Å². The molecular weight excluding hydrogens is 374 g/mol. The van der Waals surface area contributed by atoms with Crippen molar-refractivity contribution in [3.8, 4) is 11.3 Å². The fourth-order valence-corrected chi connectivity index (χ4v) is 3.81. The van der Waals surface area contributed by atoms with Gasteiger partial charge in [0.05, 0.1) is 16.7 Å². The summed E-state index contributed by atoms with van der Waals surface area (Å²) in [6.07, 6.45) is 0. The zero-order valence-electron chi connectivity index (χ0n) is 14.8. The standard InChI is InChI=1S/C19H15N7OS/c1-11(27)20-13-8-6-12(7-9-13)16-10-28-19-24-18(25-26(16)19)23-17-21-14-4-2-3-5-15(14)22-17/h2-10H,1H3,(H,20,27)(H2,21,22,23,25). The lowest BCUT2D eigenvalue weighted by atomic mass is 10.1. The minimum absolute atomic E-state index is 0.0942. The third-order valence-corrected chi connectivity index (χ3v) is 5.02. The number of amides is 1. The Morgan fingerprint density at radius 3 is 2.71 bits per heavy atom. The van der Waals surface area contributed by atoms with Crippen molar-refractivity contribution in [2.45, 2.75) is 6.92 Å². The summed E-state index contributed by atoms with van der Waals surface area (Å²) in [6.45, 7) is 1.49. The van der Waals surface area contributed by atoms with Gasteiger partial charge in [0.1, 0.15) is 0 Å². The van der Waals surface area contributed by atoms with E-state index in [9.17, 15) is 4.79 Å². The lowest BCUT2D eigenvalue weighted by Crippen LogP contribution is -2.05. The molecule has 0 aliphatic heterocycles. The van der Waals surface area contributed by atoms with Crippen LogP contribution >= 0.6 is 11.3 Å². The van der Waals surface area contributed by atoms with Gasteiger partial charge in [0.25, 0.3) is 5.95 Å². The minimum atomic E-state index is -0.0942. The van der Waals surface area contributed by atoms with E-state index in [1.54, 1.807) is 4.52 Å². The fourth-order valence-electron chi connectivity index (χ4n) is 2.98. The first-order chi connectivity index (χ1) is 13.7. The van der Waals surface area contributed by atoms with E-state index in [4.69, 9.17) is 0 Å². The molecule has 5 aromatic rings. The Hall–Kier alpha value is -3.72. The normalized spacial score (nSPS) is 11.2. The van der Waals surface area contributed by atoms with Gasteiger partial charge in [-0.05, 0) is 24.3 Å². The van der Waals surface area contributed by atoms with Crippen molar-refractivity contribution in [3.63, 3.8) is 0 Å². The molecule has 9 heteroatoms. The lowest BCUT2D eigenvalue weighted by molar-refractivity contribution is -0.114. The Morgan fingerprint density at radius 2 is 1.93 bits per heavy atom. The van der Waals surface area contributed by atoms with Gasteiger partial charge in [0.2, 0.25) is 16.8 Å². The van der Waals surface area contributed by atoms with Crippen molar-refractivity contribution in [3.05, 3.63) is 53.9 Å². The van der Waals surface area contributed by atoms with E-state index in [1.165, 1.54) is 18.3 Å². The number of nitrogens with one attached hydrogen (secondary N) is 3. The molecule has 0 atom stereocenters. The number of hydrogen-bond acceptors (Lipinski definition) is 6. The summed E-state index contributed by atoms with van der Waals surface area (Å²) < 4.78 is 1.79. The SMILES string of the molecule is CC(=O)Nc1ccc(-c2csc3nc(Nc4nc5ccccc5[nH]4)nn23)cc1. The summed E-state index contributed by atoms with van der Waals surface area (Å²) in [5, 5.41) is 12.5. The van der Waals surface area contributed by atoms with Gasteiger partial charge in [-0.3, -0.25) is 10.1 Å². The monoisotopic (exact) mass is 389 g/mol. The van der Waals surface area contributed by atoms with Crippen LogP contribution in [0.25, 0.3) is 27.3 Å². The molecule has 3 aromatic heterocycles. The fraction of sp³-hybridized carbons (Fsp3) is 0.0526. The zero-order chi connectivity index (χ0) is 19.1. The second-order valence-corrected chi connectivity index (χ2v) is 7.07. The van der Waals surface area contributed by atoms with E-state index >= 15 is 0 Å². The van der Waals surface area contributed by atoms with Gasteiger partial charge in [-0.15, -0.1) is 16.4 Å². The number of anilines is 3. The molecule has 0 aliphatic carbocycles. The quantitative estimate of drug-likeness (QED) is 0.431. The van der Waals surface area contributed by atoms with Crippen LogP contribution in [0.3, 0.4) is 0 Å². The van der Waals surface area contributed by atoms with E-state index in [2.05, 4.69) is 30.7 Å². The number of imidazole rings is 1. The third-order valence-electron chi connectivity index (χ3n) is 4.20. The van der Waals surface area contributed by atoms with Gasteiger partial charge < -0.3 is 10.3 Å². The summed E-state index contributed by atoms with van der Waals surface area (Å²) >= 11 is 1.51. The number of aromatic amines is 1. The van der Waals surface area contributed by atoms with E-state index in [1.807, 2.05) is 53.9 Å². The number of carbonyl (C=O) groups is 1. The molecule has 1 amide bonds. The van der Waals surface area contributed by atoms with Crippen LogP contribution in [0.5, 0.6) is 0 Å². The van der Waals surface area contributed by atoms with Crippen LogP contribution in [-0.2, 0) is 4.79 Å². The molecule has 0 aliphatic rings. The molecule has 0 bridgehead atoms. The van der Waals surface area contributed by atoms with Crippen LogP contribution in [0.2, 0.25) is 0 Å². The van der Waals surface area contributed by atoms with E-state index in [0.29, 0.717) is 11.9 Å². The predicted molar refractivity (Wildman–Crippen MR) is 110 cm³/mol. The minimum Gasteiger partial charge on any atom is -0.326 e. The number of nitrogens with zero attached hydrogens (tertiary/aromatic N) is 4. The maximum atomic E-state index is 11.2. The van der Waals surface area contributed by atoms with Crippen LogP contribution in [0, 0.1) is 0 Å². The van der Waals surface area contributed by atoms with Gasteiger partial charge >= 0.3 is 0 Å². The Labute approximate surface area is 163 Å². The van der Waals surface area contributed by atoms with Gasteiger partial charge in [0, 0.05) is 23.6 Å². The number of rotatable bonds is 4. The van der Waals surface area contributed by atoms with Crippen LogP contribution in [0.1, 0.15) is 6.92 Å². The molecule has 0 radical (unpaired) electrons. The molecule has 2 aromatic carbocycles. The second-order valence-electron chi connectivity index (χ2n) is 6.24. The Bertz CT molecular complexity index is 1270. The summed E-state index contributed by atoms with van der Waals surface area (Å²) in [6, 6.07) is 15.4. The highest BCUT2D eigenvalue weighted by atomic mass is 32.1. The van der Waals surface area contributed by atoms with Crippen molar-refractivity contribution in [2.24, 2.45) is 0 Å². The average Bonchev–Trinajstić information content (AvgIpc) is 3.35. The van der Waals surface area contributed by atoms with Crippen LogP contribution in [0.4, 0.5) is 17.6 Å². The number of hydrogen-bond donors (Lipinski definition) is 3. The molecule has 0 unspecified atom stereocenters. The van der Waals surface area contributed by atoms with Crippen LogP contribution in [-0.4, -0.2) is 30.5 Å². The number of thiazole rings is 1. The smallest absolute Gasteiger partial charge is 0.250 e. The number of para-hydroxylation sites is 2. The number of fused-ring (bicyclic) bond motifs is 2. The molecule has 28 heavy (non-hydrogen) atoms. The Kier molecular flexibility index (Phi) is 3.80. The first-order valence-electron chi connectivity index (χ1n) is 8.60. The van der Waals surface area contributed by atoms with E-state index in [-0.39, 0.29) is 5.91 Å². The molecule has 0 fully saturated rings. The van der Waals surface area contributed by atoms with Crippen molar-refractivity contribution in [1.29, 1.82) is 0 Å².